The number of benzene rings is 3. The first-order valence-electron chi connectivity index (χ1n) is 9.68. The van der Waals surface area contributed by atoms with E-state index >= 15 is 0 Å². The van der Waals surface area contributed by atoms with Crippen LogP contribution in [0.25, 0.3) is 0 Å². The molecule has 0 radical (unpaired) electrons. The molecule has 0 bridgehead atoms. The molecule has 0 aromatic heterocycles. The Bertz CT molecular complexity index is 653. The minimum absolute atomic E-state index is 0.573. The molecule has 3 rings (SSSR count). The largest absolute Gasteiger partial charge is 0.361 e. The van der Waals surface area contributed by atoms with Crippen LogP contribution in [0, 0.1) is 0 Å². The minimum atomic E-state index is -0.573. The third kappa shape index (κ3) is 4.05. The second-order valence-corrected chi connectivity index (χ2v) is 6.69. The van der Waals surface area contributed by atoms with E-state index in [2.05, 4.69) is 97.9 Å². The highest BCUT2D eigenvalue weighted by Gasteiger charge is 2.37. The number of hydrogen-bond acceptors (Lipinski definition) is 1. The Hall–Kier alpha value is -2.38. The van der Waals surface area contributed by atoms with E-state index < -0.39 is 5.60 Å². The van der Waals surface area contributed by atoms with Crippen molar-refractivity contribution in [3.63, 3.8) is 0 Å². The van der Waals surface area contributed by atoms with Crippen LogP contribution < -0.4 is 0 Å². The van der Waals surface area contributed by atoms with Crippen molar-refractivity contribution in [3.05, 3.63) is 108 Å². The fourth-order valence-corrected chi connectivity index (χ4v) is 3.52. The van der Waals surface area contributed by atoms with Crippen LogP contribution in [0.15, 0.2) is 91.0 Å². The van der Waals surface area contributed by atoms with Crippen LogP contribution in [-0.2, 0) is 10.3 Å². The van der Waals surface area contributed by atoms with Crippen molar-refractivity contribution in [1.29, 1.82) is 0 Å². The molecule has 0 saturated heterocycles. The van der Waals surface area contributed by atoms with Crippen LogP contribution in [-0.4, -0.2) is 6.61 Å². The SMILES string of the molecule is CCCCCCOC(c1ccccc1)(c1ccccc1)c1ccccc1. The Morgan fingerprint density at radius 2 is 1.00 bits per heavy atom. The monoisotopic (exact) mass is 344 g/mol. The zero-order valence-corrected chi connectivity index (χ0v) is 15.6. The molecule has 26 heavy (non-hydrogen) atoms. The summed E-state index contributed by atoms with van der Waals surface area (Å²) in [6.45, 7) is 2.99. The van der Waals surface area contributed by atoms with Gasteiger partial charge in [0.05, 0.1) is 0 Å². The van der Waals surface area contributed by atoms with Gasteiger partial charge in [0.25, 0.3) is 0 Å². The van der Waals surface area contributed by atoms with Crippen molar-refractivity contribution in [1.82, 2.24) is 0 Å². The fraction of sp³-hybridized carbons (Fsp3) is 0.280. The predicted octanol–water partition coefficient (Wildman–Crippen LogP) is 6.58. The molecule has 0 amide bonds. The summed E-state index contributed by atoms with van der Waals surface area (Å²) < 4.78 is 6.73. The molecule has 3 aromatic rings. The second-order valence-electron chi connectivity index (χ2n) is 6.69. The highest BCUT2D eigenvalue weighted by molar-refractivity contribution is 5.47. The molecule has 0 unspecified atom stereocenters. The Morgan fingerprint density at radius 1 is 0.577 bits per heavy atom. The molecule has 0 atom stereocenters. The molecular formula is C25H28O. The lowest BCUT2D eigenvalue weighted by atomic mass is 9.80. The van der Waals surface area contributed by atoms with E-state index in [4.69, 9.17) is 4.74 Å². The molecule has 0 fully saturated rings. The van der Waals surface area contributed by atoms with Gasteiger partial charge in [0, 0.05) is 6.61 Å². The van der Waals surface area contributed by atoms with E-state index in [0.717, 1.165) is 13.0 Å². The van der Waals surface area contributed by atoms with E-state index in [1.807, 2.05) is 0 Å². The molecule has 0 N–H and O–H groups in total. The van der Waals surface area contributed by atoms with Crippen LogP contribution >= 0.6 is 0 Å². The Morgan fingerprint density at radius 3 is 1.38 bits per heavy atom. The van der Waals surface area contributed by atoms with Crippen LogP contribution in [0.3, 0.4) is 0 Å². The van der Waals surface area contributed by atoms with E-state index in [1.165, 1.54) is 36.0 Å². The standard InChI is InChI=1S/C25H28O/c1-2-3-4-14-21-26-25(22-15-8-5-9-16-22,23-17-10-6-11-18-23)24-19-12-7-13-20-24/h5-13,15-20H,2-4,14,21H2,1H3. The third-order valence-electron chi connectivity index (χ3n) is 4.86. The average molecular weight is 344 g/mol. The maximum absolute atomic E-state index is 6.73. The molecule has 0 aliphatic rings. The van der Waals surface area contributed by atoms with Crippen molar-refractivity contribution in [3.8, 4) is 0 Å². The van der Waals surface area contributed by atoms with Crippen molar-refractivity contribution < 1.29 is 4.74 Å². The van der Waals surface area contributed by atoms with Crippen molar-refractivity contribution in [2.75, 3.05) is 6.61 Å². The number of ether oxygens (including phenoxy) is 1. The quantitative estimate of drug-likeness (QED) is 0.315. The van der Waals surface area contributed by atoms with Gasteiger partial charge in [-0.15, -0.1) is 0 Å². The second kappa shape index (κ2) is 9.35. The summed E-state index contributed by atoms with van der Waals surface area (Å²) >= 11 is 0. The van der Waals surface area contributed by atoms with Gasteiger partial charge in [0.1, 0.15) is 5.60 Å². The zero-order chi connectivity index (χ0) is 18.1. The van der Waals surface area contributed by atoms with Gasteiger partial charge in [-0.1, -0.05) is 117 Å². The van der Waals surface area contributed by atoms with Gasteiger partial charge >= 0.3 is 0 Å². The van der Waals surface area contributed by atoms with E-state index in [9.17, 15) is 0 Å². The summed E-state index contributed by atoms with van der Waals surface area (Å²) in [6, 6.07) is 31.8. The molecule has 0 aliphatic carbocycles. The first kappa shape index (κ1) is 18.4. The van der Waals surface area contributed by atoms with Crippen LogP contribution in [0.1, 0.15) is 49.3 Å². The van der Waals surface area contributed by atoms with Crippen LogP contribution in [0.2, 0.25) is 0 Å². The van der Waals surface area contributed by atoms with Crippen molar-refractivity contribution in [2.24, 2.45) is 0 Å². The predicted molar refractivity (Wildman–Crippen MR) is 109 cm³/mol. The van der Waals surface area contributed by atoms with Gasteiger partial charge < -0.3 is 4.74 Å². The first-order valence-corrected chi connectivity index (χ1v) is 9.68. The smallest absolute Gasteiger partial charge is 0.143 e. The summed E-state index contributed by atoms with van der Waals surface area (Å²) in [5, 5.41) is 0. The number of rotatable bonds is 9. The molecule has 134 valence electrons. The Balaban J connectivity index is 2.06. The zero-order valence-electron chi connectivity index (χ0n) is 15.6. The molecule has 0 heterocycles. The van der Waals surface area contributed by atoms with Crippen LogP contribution in [0.4, 0.5) is 0 Å². The highest BCUT2D eigenvalue weighted by atomic mass is 16.5. The molecule has 0 spiro atoms. The van der Waals surface area contributed by atoms with Crippen molar-refractivity contribution in [2.45, 2.75) is 38.2 Å². The summed E-state index contributed by atoms with van der Waals surface area (Å²) in [6.07, 6.45) is 4.80. The molecule has 1 heteroatoms. The lowest BCUT2D eigenvalue weighted by Crippen LogP contribution is -2.33. The van der Waals surface area contributed by atoms with Gasteiger partial charge in [-0.2, -0.15) is 0 Å². The van der Waals surface area contributed by atoms with Gasteiger partial charge in [0.2, 0.25) is 0 Å². The Kier molecular flexibility index (Phi) is 6.62. The number of hydrogen-bond donors (Lipinski definition) is 0. The topological polar surface area (TPSA) is 9.23 Å². The fourth-order valence-electron chi connectivity index (χ4n) is 3.52. The number of unbranched alkanes of at least 4 members (excludes halogenated alkanes) is 3. The van der Waals surface area contributed by atoms with Gasteiger partial charge in [-0.3, -0.25) is 0 Å². The van der Waals surface area contributed by atoms with E-state index in [-0.39, 0.29) is 0 Å². The Labute approximate surface area is 157 Å². The van der Waals surface area contributed by atoms with E-state index in [1.54, 1.807) is 0 Å². The van der Waals surface area contributed by atoms with Gasteiger partial charge in [-0.05, 0) is 23.1 Å². The summed E-state index contributed by atoms with van der Waals surface area (Å²) in [5.41, 5.74) is 2.95. The summed E-state index contributed by atoms with van der Waals surface area (Å²) in [5.74, 6) is 0. The van der Waals surface area contributed by atoms with Gasteiger partial charge in [-0.25, -0.2) is 0 Å². The lowest BCUT2D eigenvalue weighted by Gasteiger charge is -2.36. The highest BCUT2D eigenvalue weighted by Crippen LogP contribution is 2.40. The normalized spacial score (nSPS) is 11.4. The average Bonchev–Trinajstić information content (AvgIpc) is 2.73. The molecular weight excluding hydrogens is 316 g/mol. The van der Waals surface area contributed by atoms with Crippen molar-refractivity contribution >= 4 is 0 Å². The molecule has 3 aromatic carbocycles. The molecule has 0 aliphatic heterocycles. The van der Waals surface area contributed by atoms with Gasteiger partial charge in [0.15, 0.2) is 0 Å². The lowest BCUT2D eigenvalue weighted by molar-refractivity contribution is 0.0107. The first-order chi connectivity index (χ1) is 12.9. The molecule has 1 nitrogen and oxygen atoms in total. The molecule has 0 saturated carbocycles. The van der Waals surface area contributed by atoms with Crippen LogP contribution in [0.5, 0.6) is 0 Å². The maximum Gasteiger partial charge on any atom is 0.143 e. The van der Waals surface area contributed by atoms with E-state index in [0.29, 0.717) is 0 Å². The third-order valence-corrected chi connectivity index (χ3v) is 4.86. The summed E-state index contributed by atoms with van der Waals surface area (Å²) in [4.78, 5) is 0. The minimum Gasteiger partial charge on any atom is -0.361 e. The summed E-state index contributed by atoms with van der Waals surface area (Å²) in [7, 11) is 0. The maximum atomic E-state index is 6.73.